The van der Waals surface area contributed by atoms with E-state index in [1.54, 1.807) is 16.2 Å². The Hall–Kier alpha value is -2.78. The number of ether oxygens (including phenoxy) is 3. The highest BCUT2D eigenvalue weighted by Crippen LogP contribution is 2.41. The molecule has 2 aromatic rings. The molecule has 34 heavy (non-hydrogen) atoms. The van der Waals surface area contributed by atoms with Gasteiger partial charge in [0.1, 0.15) is 10.8 Å². The van der Waals surface area contributed by atoms with E-state index < -0.39 is 0 Å². The number of amides is 2. The fourth-order valence-corrected chi connectivity index (χ4v) is 5.68. The summed E-state index contributed by atoms with van der Waals surface area (Å²) < 4.78 is 16.5. The Balaban J connectivity index is 1.29. The van der Waals surface area contributed by atoms with Crippen LogP contribution in [0.5, 0.6) is 5.75 Å². The number of aryl methyl sites for hydroxylation is 1. The van der Waals surface area contributed by atoms with Gasteiger partial charge >= 0.3 is 6.09 Å². The van der Waals surface area contributed by atoms with Gasteiger partial charge in [-0.2, -0.15) is 0 Å². The number of hydrogen-bond donors (Lipinski definition) is 2. The van der Waals surface area contributed by atoms with E-state index in [0.29, 0.717) is 58.0 Å². The molecule has 0 saturated carbocycles. The number of nitrogens with zero attached hydrogens (tertiary/aromatic N) is 1. The van der Waals surface area contributed by atoms with Crippen molar-refractivity contribution >= 4 is 34.0 Å². The van der Waals surface area contributed by atoms with E-state index in [4.69, 9.17) is 19.9 Å². The average Bonchev–Trinajstić information content (AvgIpc) is 3.17. The van der Waals surface area contributed by atoms with Gasteiger partial charge in [0.15, 0.2) is 0 Å². The zero-order valence-electron chi connectivity index (χ0n) is 19.6. The lowest BCUT2D eigenvalue weighted by atomic mass is 9.89. The molecule has 1 saturated heterocycles. The van der Waals surface area contributed by atoms with Crippen LogP contribution in [0.1, 0.15) is 35.8 Å². The predicted molar refractivity (Wildman–Crippen MR) is 133 cm³/mol. The number of nitrogens with two attached hydrogens (primary N) is 1. The minimum atomic E-state index is -0.265. The molecular formula is C25H33N3O5S. The molecule has 1 atom stereocenters. The number of fused-ring (bicyclic) bond motifs is 1. The van der Waals surface area contributed by atoms with Gasteiger partial charge in [0.25, 0.3) is 0 Å². The molecule has 0 spiro atoms. The number of nitrogens with one attached hydrogen (secondary N) is 1. The number of carbonyl (C=O) groups is 2. The van der Waals surface area contributed by atoms with Crippen molar-refractivity contribution in [1.82, 2.24) is 4.90 Å². The van der Waals surface area contributed by atoms with Crippen molar-refractivity contribution in [2.45, 2.75) is 39.0 Å². The van der Waals surface area contributed by atoms with Crippen LogP contribution in [-0.2, 0) is 33.5 Å². The Kier molecular flexibility index (Phi) is 8.29. The zero-order valence-corrected chi connectivity index (χ0v) is 20.5. The van der Waals surface area contributed by atoms with Crippen molar-refractivity contribution in [1.29, 1.82) is 0 Å². The number of rotatable bonds is 8. The number of morpholine rings is 1. The van der Waals surface area contributed by atoms with E-state index in [2.05, 4.69) is 5.32 Å². The van der Waals surface area contributed by atoms with Crippen LogP contribution in [-0.4, -0.2) is 56.4 Å². The Labute approximate surface area is 204 Å². The lowest BCUT2D eigenvalue weighted by Gasteiger charge is -2.28. The Morgan fingerprint density at radius 3 is 2.85 bits per heavy atom. The molecule has 2 heterocycles. The second kappa shape index (κ2) is 11.6. The third-order valence-corrected chi connectivity index (χ3v) is 7.45. The second-order valence-corrected chi connectivity index (χ2v) is 9.73. The summed E-state index contributed by atoms with van der Waals surface area (Å²) in [6.07, 6.45) is 3.23. The van der Waals surface area contributed by atoms with Crippen LogP contribution in [0.4, 0.5) is 15.5 Å². The number of benzene rings is 1. The molecule has 1 aromatic carbocycles. The van der Waals surface area contributed by atoms with Crippen molar-refractivity contribution < 1.29 is 23.8 Å². The maximum Gasteiger partial charge on any atom is 0.409 e. The van der Waals surface area contributed by atoms with E-state index in [1.807, 2.05) is 31.2 Å². The van der Waals surface area contributed by atoms with Crippen LogP contribution in [0, 0.1) is 5.92 Å². The van der Waals surface area contributed by atoms with Gasteiger partial charge in [0, 0.05) is 24.4 Å². The van der Waals surface area contributed by atoms with Crippen LogP contribution in [0.2, 0.25) is 0 Å². The van der Waals surface area contributed by atoms with E-state index in [9.17, 15) is 9.59 Å². The highest BCUT2D eigenvalue weighted by Gasteiger charge is 2.27. The van der Waals surface area contributed by atoms with Crippen molar-refractivity contribution in [2.24, 2.45) is 5.92 Å². The summed E-state index contributed by atoms with van der Waals surface area (Å²) >= 11 is 1.54. The summed E-state index contributed by atoms with van der Waals surface area (Å²) in [5, 5.41) is 3.73. The molecule has 2 aliphatic rings. The molecule has 0 bridgehead atoms. The van der Waals surface area contributed by atoms with Crippen LogP contribution >= 0.6 is 11.3 Å². The molecule has 1 aliphatic heterocycles. The normalized spacial score (nSPS) is 17.7. The number of carbonyl (C=O) groups excluding carboxylic acids is 2. The smallest absolute Gasteiger partial charge is 0.409 e. The first kappa shape index (κ1) is 24.3. The first-order valence-electron chi connectivity index (χ1n) is 11.9. The van der Waals surface area contributed by atoms with Gasteiger partial charge in [-0.05, 0) is 55.7 Å². The highest BCUT2D eigenvalue weighted by atomic mass is 32.1. The van der Waals surface area contributed by atoms with Crippen molar-refractivity contribution in [3.63, 3.8) is 0 Å². The van der Waals surface area contributed by atoms with Crippen LogP contribution in [0.15, 0.2) is 24.3 Å². The summed E-state index contributed by atoms with van der Waals surface area (Å²) in [4.78, 5) is 27.8. The van der Waals surface area contributed by atoms with E-state index >= 15 is 0 Å². The fraction of sp³-hybridized carbons (Fsp3) is 0.520. The van der Waals surface area contributed by atoms with E-state index in [0.717, 1.165) is 41.1 Å². The van der Waals surface area contributed by atoms with Crippen molar-refractivity contribution in [3.05, 3.63) is 40.3 Å². The predicted octanol–water partition coefficient (Wildman–Crippen LogP) is 3.87. The van der Waals surface area contributed by atoms with Crippen molar-refractivity contribution in [3.8, 4) is 5.75 Å². The minimum absolute atomic E-state index is 0.0624. The molecule has 4 rings (SSSR count). The number of thiophene rings is 1. The third-order valence-electron chi connectivity index (χ3n) is 6.27. The van der Waals surface area contributed by atoms with Gasteiger partial charge < -0.3 is 30.2 Å². The van der Waals surface area contributed by atoms with Gasteiger partial charge in [-0.15, -0.1) is 11.3 Å². The van der Waals surface area contributed by atoms with Crippen LogP contribution in [0.3, 0.4) is 0 Å². The molecule has 184 valence electrons. The Morgan fingerprint density at radius 2 is 2.06 bits per heavy atom. The molecule has 1 unspecified atom stereocenters. The number of hydrogen-bond acceptors (Lipinski definition) is 7. The lowest BCUT2D eigenvalue weighted by molar-refractivity contribution is -0.116. The third kappa shape index (κ3) is 6.01. The summed E-state index contributed by atoms with van der Waals surface area (Å²) in [5.74, 6) is 1.02. The molecule has 9 heteroatoms. The van der Waals surface area contributed by atoms with Crippen LogP contribution < -0.4 is 15.8 Å². The highest BCUT2D eigenvalue weighted by molar-refractivity contribution is 7.17. The summed E-state index contributed by atoms with van der Waals surface area (Å²) in [5.41, 5.74) is 9.20. The molecule has 2 amide bonds. The quantitative estimate of drug-likeness (QED) is 0.586. The molecule has 1 aliphatic carbocycles. The van der Waals surface area contributed by atoms with Gasteiger partial charge in [-0.25, -0.2) is 4.79 Å². The Bertz CT molecular complexity index is 1000. The fourth-order valence-electron chi connectivity index (χ4n) is 4.38. The molecular weight excluding hydrogens is 454 g/mol. The molecule has 1 aromatic heterocycles. The maximum atomic E-state index is 12.6. The van der Waals surface area contributed by atoms with Gasteiger partial charge in [0.05, 0.1) is 32.1 Å². The van der Waals surface area contributed by atoms with Gasteiger partial charge in [-0.3, -0.25) is 4.79 Å². The lowest BCUT2D eigenvalue weighted by Crippen LogP contribution is -2.41. The van der Waals surface area contributed by atoms with Gasteiger partial charge in [-0.1, -0.05) is 18.2 Å². The van der Waals surface area contributed by atoms with E-state index in [1.165, 1.54) is 4.88 Å². The first-order chi connectivity index (χ1) is 16.5. The van der Waals surface area contributed by atoms with Crippen molar-refractivity contribution in [2.75, 3.05) is 50.6 Å². The van der Waals surface area contributed by atoms with Gasteiger partial charge in [0.2, 0.25) is 5.91 Å². The topological polar surface area (TPSA) is 103 Å². The standard InChI is InChI=1S/C25H33N3O5S/c1-2-32-20-6-4-3-5-18(20)8-10-22(29)27-24-23(26)19-9-7-17(15-21(19)34-24)16-33-25(30)28-11-13-31-14-12-28/h3-6,17H,2,7-16,26H2,1H3,(H,27,29). The monoisotopic (exact) mass is 487 g/mol. The SMILES string of the molecule is CCOc1ccccc1CCC(=O)Nc1sc2c(c1N)CCC(COC(=O)N1CCOCC1)C2. The molecule has 8 nitrogen and oxygen atoms in total. The first-order valence-corrected chi connectivity index (χ1v) is 12.8. The number of para-hydroxylation sites is 1. The summed E-state index contributed by atoms with van der Waals surface area (Å²) in [6.45, 7) is 5.21. The zero-order chi connectivity index (χ0) is 23.9. The Morgan fingerprint density at radius 1 is 1.26 bits per heavy atom. The summed E-state index contributed by atoms with van der Waals surface area (Å²) in [7, 11) is 0. The number of nitrogen functional groups attached to an aromatic ring is 1. The average molecular weight is 488 g/mol. The maximum absolute atomic E-state index is 12.6. The number of anilines is 2. The summed E-state index contributed by atoms with van der Waals surface area (Å²) in [6, 6.07) is 7.80. The van der Waals surface area contributed by atoms with E-state index in [-0.39, 0.29) is 17.9 Å². The minimum Gasteiger partial charge on any atom is -0.494 e. The molecule has 3 N–H and O–H groups in total. The molecule has 1 fully saturated rings. The van der Waals surface area contributed by atoms with Crippen LogP contribution in [0.25, 0.3) is 0 Å². The molecule has 0 radical (unpaired) electrons. The second-order valence-electron chi connectivity index (χ2n) is 8.62. The largest absolute Gasteiger partial charge is 0.494 e.